The van der Waals surface area contributed by atoms with Crippen LogP contribution in [0.5, 0.6) is 0 Å². The van der Waals surface area contributed by atoms with Crippen molar-refractivity contribution >= 4 is 17.3 Å². The predicted molar refractivity (Wildman–Crippen MR) is 81.9 cm³/mol. The summed E-state index contributed by atoms with van der Waals surface area (Å²) in [5.74, 6) is 0.837. The number of nitrogens with one attached hydrogen (secondary N) is 2. The summed E-state index contributed by atoms with van der Waals surface area (Å²) in [5.41, 5.74) is 2.00. The van der Waals surface area contributed by atoms with Gasteiger partial charge < -0.3 is 15.5 Å². The van der Waals surface area contributed by atoms with Crippen LogP contribution in [0.25, 0.3) is 0 Å². The van der Waals surface area contributed by atoms with Gasteiger partial charge in [0, 0.05) is 36.9 Å². The molecule has 3 unspecified atom stereocenters. The molecule has 0 aromatic heterocycles. The third-order valence-corrected chi connectivity index (χ3v) is 4.45. The normalized spacial score (nSPS) is 28.1. The number of benzene rings is 1. The number of piperidine rings is 1. The molecule has 20 heavy (non-hydrogen) atoms. The molecule has 4 heteroatoms. The van der Waals surface area contributed by atoms with E-state index in [1.54, 1.807) is 0 Å². The molecule has 0 saturated carbocycles. The van der Waals surface area contributed by atoms with Crippen LogP contribution in [0.2, 0.25) is 0 Å². The number of hydrogen-bond donors (Lipinski definition) is 2. The summed E-state index contributed by atoms with van der Waals surface area (Å²) in [4.78, 5) is 14.0. The van der Waals surface area contributed by atoms with E-state index in [1.165, 1.54) is 32.5 Å². The van der Waals surface area contributed by atoms with Crippen LogP contribution < -0.4 is 10.6 Å². The lowest BCUT2D eigenvalue weighted by Gasteiger charge is -2.31. The number of fused-ring (bicyclic) bond motifs is 2. The molecule has 4 nitrogen and oxygen atoms in total. The van der Waals surface area contributed by atoms with Gasteiger partial charge in [0.2, 0.25) is 5.91 Å². The van der Waals surface area contributed by atoms with Crippen LogP contribution in [0, 0.1) is 5.92 Å². The van der Waals surface area contributed by atoms with Gasteiger partial charge >= 0.3 is 0 Å². The van der Waals surface area contributed by atoms with Gasteiger partial charge in [0.25, 0.3) is 0 Å². The van der Waals surface area contributed by atoms with Gasteiger partial charge in [0.05, 0.1) is 0 Å². The quantitative estimate of drug-likeness (QED) is 0.886. The van der Waals surface area contributed by atoms with Crippen molar-refractivity contribution in [1.82, 2.24) is 4.90 Å². The molecule has 1 amide bonds. The smallest absolute Gasteiger partial charge is 0.224 e. The van der Waals surface area contributed by atoms with Crippen LogP contribution in [-0.4, -0.2) is 36.5 Å². The van der Waals surface area contributed by atoms with Gasteiger partial charge in [-0.1, -0.05) is 13.0 Å². The van der Waals surface area contributed by atoms with Gasteiger partial charge in [-0.05, 0) is 43.5 Å². The molecule has 3 atom stereocenters. The number of amides is 1. The van der Waals surface area contributed by atoms with Crippen molar-refractivity contribution in [2.24, 2.45) is 5.92 Å². The second-order valence-electron chi connectivity index (χ2n) is 5.87. The highest BCUT2D eigenvalue weighted by Crippen LogP contribution is 2.29. The summed E-state index contributed by atoms with van der Waals surface area (Å²) in [7, 11) is 0. The Morgan fingerprint density at radius 2 is 2.10 bits per heavy atom. The third-order valence-electron chi connectivity index (χ3n) is 4.45. The highest BCUT2D eigenvalue weighted by atomic mass is 16.1. The Hall–Kier alpha value is -1.55. The number of nitrogens with zero attached hydrogens (tertiary/aromatic N) is 1. The zero-order valence-electron chi connectivity index (χ0n) is 12.1. The summed E-state index contributed by atoms with van der Waals surface area (Å²) >= 11 is 0. The Balaban J connectivity index is 1.65. The van der Waals surface area contributed by atoms with Crippen LogP contribution >= 0.6 is 0 Å². The van der Waals surface area contributed by atoms with Crippen molar-refractivity contribution in [3.63, 3.8) is 0 Å². The number of hydrogen-bond acceptors (Lipinski definition) is 3. The number of carbonyl (C=O) groups excluding carboxylic acids is 1. The first kappa shape index (κ1) is 13.4. The van der Waals surface area contributed by atoms with Crippen molar-refractivity contribution < 1.29 is 4.79 Å². The molecule has 0 spiro atoms. The Kier molecular flexibility index (Phi) is 3.92. The summed E-state index contributed by atoms with van der Waals surface area (Å²) < 4.78 is 0. The van der Waals surface area contributed by atoms with E-state index in [0.717, 1.165) is 17.3 Å². The summed E-state index contributed by atoms with van der Waals surface area (Å²) in [6, 6.07) is 8.64. The molecule has 0 aliphatic carbocycles. The minimum Gasteiger partial charge on any atom is -0.382 e. The van der Waals surface area contributed by atoms with Crippen LogP contribution in [0.15, 0.2) is 24.3 Å². The number of carbonyl (C=O) groups is 1. The fourth-order valence-electron chi connectivity index (χ4n) is 3.29. The minimum absolute atomic E-state index is 0.0613. The predicted octanol–water partition coefficient (Wildman–Crippen LogP) is 2.54. The van der Waals surface area contributed by atoms with Crippen molar-refractivity contribution in [2.45, 2.75) is 32.2 Å². The van der Waals surface area contributed by atoms with E-state index in [0.29, 0.717) is 12.5 Å². The van der Waals surface area contributed by atoms with Gasteiger partial charge in [-0.15, -0.1) is 0 Å². The summed E-state index contributed by atoms with van der Waals surface area (Å²) in [5, 5.41) is 6.58. The average molecular weight is 273 g/mol. The highest BCUT2D eigenvalue weighted by Gasteiger charge is 2.33. The first-order valence-electron chi connectivity index (χ1n) is 7.63. The molecule has 2 aliphatic rings. The largest absolute Gasteiger partial charge is 0.382 e. The zero-order valence-corrected chi connectivity index (χ0v) is 12.1. The molecule has 0 radical (unpaired) electrons. The highest BCUT2D eigenvalue weighted by molar-refractivity contribution is 5.90. The summed E-state index contributed by atoms with van der Waals surface area (Å²) in [6.07, 6.45) is 3.04. The lowest BCUT2D eigenvalue weighted by atomic mass is 9.94. The number of rotatable bonds is 4. The molecule has 2 N–H and O–H groups in total. The topological polar surface area (TPSA) is 44.4 Å². The molecule has 2 fully saturated rings. The molecule has 1 aromatic rings. The molecular formula is C16H23N3O. The fourth-order valence-corrected chi connectivity index (χ4v) is 3.29. The minimum atomic E-state index is 0.0613. The van der Waals surface area contributed by atoms with E-state index in [1.807, 2.05) is 25.1 Å². The van der Waals surface area contributed by atoms with Crippen molar-refractivity contribution in [2.75, 3.05) is 30.3 Å². The van der Waals surface area contributed by atoms with Crippen LogP contribution in [0.1, 0.15) is 26.2 Å². The molecule has 108 valence electrons. The van der Waals surface area contributed by atoms with Crippen molar-refractivity contribution in [3.8, 4) is 0 Å². The first-order valence-corrected chi connectivity index (χ1v) is 7.63. The Morgan fingerprint density at radius 3 is 2.95 bits per heavy atom. The van der Waals surface area contributed by atoms with E-state index >= 15 is 0 Å². The molecule has 1 aromatic carbocycles. The number of anilines is 2. The molecular weight excluding hydrogens is 250 g/mol. The van der Waals surface area contributed by atoms with Crippen molar-refractivity contribution in [3.05, 3.63) is 24.3 Å². The maximum atomic E-state index is 11.4. The van der Waals surface area contributed by atoms with Gasteiger partial charge in [0.1, 0.15) is 0 Å². The van der Waals surface area contributed by atoms with Gasteiger partial charge in [0.15, 0.2) is 0 Å². The van der Waals surface area contributed by atoms with Gasteiger partial charge in [-0.2, -0.15) is 0 Å². The average Bonchev–Trinajstić information content (AvgIpc) is 2.85. The lowest BCUT2D eigenvalue weighted by molar-refractivity contribution is -0.115. The maximum absolute atomic E-state index is 11.4. The molecule has 2 bridgehead atoms. The maximum Gasteiger partial charge on any atom is 0.224 e. The van der Waals surface area contributed by atoms with Gasteiger partial charge in [-0.25, -0.2) is 0 Å². The second kappa shape index (κ2) is 5.83. The molecule has 2 saturated heterocycles. The van der Waals surface area contributed by atoms with E-state index in [2.05, 4.69) is 21.6 Å². The SMILES string of the molecule is CCC(=O)Nc1cccc(NC2CCN3CCC2C3)c1. The van der Waals surface area contributed by atoms with Gasteiger partial charge in [-0.3, -0.25) is 4.79 Å². The van der Waals surface area contributed by atoms with E-state index in [9.17, 15) is 4.79 Å². The van der Waals surface area contributed by atoms with Crippen LogP contribution in [-0.2, 0) is 4.79 Å². The third kappa shape index (κ3) is 2.96. The van der Waals surface area contributed by atoms with E-state index < -0.39 is 0 Å². The summed E-state index contributed by atoms with van der Waals surface area (Å²) in [6.45, 7) is 5.57. The van der Waals surface area contributed by atoms with E-state index in [-0.39, 0.29) is 5.91 Å². The molecule has 3 rings (SSSR count). The Bertz CT molecular complexity index is 488. The van der Waals surface area contributed by atoms with Crippen LogP contribution in [0.4, 0.5) is 11.4 Å². The monoisotopic (exact) mass is 273 g/mol. The second-order valence-corrected chi connectivity index (χ2v) is 5.87. The standard InChI is InChI=1S/C16H23N3O/c1-2-16(20)18-14-5-3-4-13(10-14)17-15-7-9-19-8-6-12(15)11-19/h3-5,10,12,15,17H,2,6-9,11H2,1H3,(H,18,20). The molecule has 2 aliphatic heterocycles. The Morgan fingerprint density at radius 1 is 1.30 bits per heavy atom. The van der Waals surface area contributed by atoms with Crippen molar-refractivity contribution in [1.29, 1.82) is 0 Å². The zero-order chi connectivity index (χ0) is 13.9. The van der Waals surface area contributed by atoms with Crippen LogP contribution in [0.3, 0.4) is 0 Å². The Labute approximate surface area is 120 Å². The lowest BCUT2D eigenvalue weighted by Crippen LogP contribution is -2.39. The molecule has 2 heterocycles. The first-order chi connectivity index (χ1) is 9.74. The van der Waals surface area contributed by atoms with E-state index in [4.69, 9.17) is 0 Å². The fraction of sp³-hybridized carbons (Fsp3) is 0.562.